The SMILES string of the molecule is CCc1onc(C)c1C(=O)N1CC[C@H](c2cc3n(n2)[C@@H](C(F)(F)F)C[C@@H](CC)N3)C1. The summed E-state index contributed by atoms with van der Waals surface area (Å²) in [6.45, 7) is 6.44. The lowest BCUT2D eigenvalue weighted by atomic mass is 10.0. The highest BCUT2D eigenvalue weighted by Gasteiger charge is 2.46. The molecule has 0 unspecified atom stereocenters. The highest BCUT2D eigenvalue weighted by Crippen LogP contribution is 2.41. The number of fused-ring (bicyclic) bond motifs is 1. The van der Waals surface area contributed by atoms with Crippen LogP contribution in [0.2, 0.25) is 0 Å². The van der Waals surface area contributed by atoms with E-state index in [1.165, 1.54) is 0 Å². The molecule has 4 heterocycles. The van der Waals surface area contributed by atoms with Crippen molar-refractivity contribution in [3.05, 3.63) is 28.8 Å². The number of hydrogen-bond donors (Lipinski definition) is 1. The van der Waals surface area contributed by atoms with Crippen LogP contribution in [0, 0.1) is 6.92 Å². The van der Waals surface area contributed by atoms with Crippen LogP contribution in [0.25, 0.3) is 0 Å². The van der Waals surface area contributed by atoms with Gasteiger partial charge in [-0.05, 0) is 26.2 Å². The number of anilines is 1. The molecule has 4 rings (SSSR count). The lowest BCUT2D eigenvalue weighted by Crippen LogP contribution is -2.38. The first-order valence-electron chi connectivity index (χ1n) is 10.4. The minimum Gasteiger partial charge on any atom is -0.367 e. The molecular formula is C20H26F3N5O2. The van der Waals surface area contributed by atoms with Crippen molar-refractivity contribution in [2.75, 3.05) is 18.4 Å². The van der Waals surface area contributed by atoms with E-state index in [-0.39, 0.29) is 24.3 Å². The topological polar surface area (TPSA) is 76.2 Å². The van der Waals surface area contributed by atoms with Gasteiger partial charge >= 0.3 is 6.18 Å². The fraction of sp³-hybridized carbons (Fsp3) is 0.650. The number of likely N-dealkylation sites (tertiary alicyclic amines) is 1. The molecule has 2 aromatic rings. The zero-order chi connectivity index (χ0) is 21.6. The highest BCUT2D eigenvalue weighted by molar-refractivity contribution is 5.96. The molecule has 0 bridgehead atoms. The van der Waals surface area contributed by atoms with Gasteiger partial charge in [-0.15, -0.1) is 0 Å². The Morgan fingerprint density at radius 3 is 2.80 bits per heavy atom. The third-order valence-electron chi connectivity index (χ3n) is 6.14. The lowest BCUT2D eigenvalue weighted by Gasteiger charge is -2.32. The van der Waals surface area contributed by atoms with Gasteiger partial charge in [0, 0.05) is 37.5 Å². The number of aromatic nitrogens is 3. The summed E-state index contributed by atoms with van der Waals surface area (Å²) in [6, 6.07) is -0.154. The number of aryl methyl sites for hydroxylation is 2. The number of rotatable bonds is 4. The minimum absolute atomic E-state index is 0.0318. The fourth-order valence-corrected chi connectivity index (χ4v) is 4.41. The molecule has 0 spiro atoms. The van der Waals surface area contributed by atoms with Gasteiger partial charge in [-0.3, -0.25) is 4.79 Å². The van der Waals surface area contributed by atoms with Crippen molar-refractivity contribution in [2.24, 2.45) is 0 Å². The minimum atomic E-state index is -4.35. The van der Waals surface area contributed by atoms with Gasteiger partial charge in [-0.25, -0.2) is 4.68 Å². The van der Waals surface area contributed by atoms with Crippen molar-refractivity contribution >= 4 is 11.7 Å². The van der Waals surface area contributed by atoms with Gasteiger partial charge in [0.15, 0.2) is 6.04 Å². The Balaban J connectivity index is 1.55. The summed E-state index contributed by atoms with van der Waals surface area (Å²) in [4.78, 5) is 14.7. The van der Waals surface area contributed by atoms with E-state index in [0.29, 0.717) is 60.9 Å². The average molecular weight is 425 g/mol. The molecule has 0 saturated carbocycles. The number of hydrogen-bond acceptors (Lipinski definition) is 5. The first-order chi connectivity index (χ1) is 14.2. The third kappa shape index (κ3) is 3.56. The molecule has 1 saturated heterocycles. The van der Waals surface area contributed by atoms with Gasteiger partial charge in [0.1, 0.15) is 17.1 Å². The maximum absolute atomic E-state index is 13.6. The van der Waals surface area contributed by atoms with Crippen molar-refractivity contribution in [3.8, 4) is 0 Å². The average Bonchev–Trinajstić information content (AvgIpc) is 3.42. The normalized spacial score (nSPS) is 24.1. The molecule has 0 aliphatic carbocycles. The molecule has 1 fully saturated rings. The molecule has 1 N–H and O–H groups in total. The summed E-state index contributed by atoms with van der Waals surface area (Å²) < 4.78 is 47.1. The van der Waals surface area contributed by atoms with Crippen molar-refractivity contribution in [1.29, 1.82) is 0 Å². The molecule has 10 heteroatoms. The van der Waals surface area contributed by atoms with E-state index < -0.39 is 12.2 Å². The smallest absolute Gasteiger partial charge is 0.367 e. The van der Waals surface area contributed by atoms with Gasteiger partial charge in [0.25, 0.3) is 5.91 Å². The molecule has 30 heavy (non-hydrogen) atoms. The molecule has 164 valence electrons. The highest BCUT2D eigenvalue weighted by atomic mass is 19.4. The van der Waals surface area contributed by atoms with Crippen LogP contribution in [0.5, 0.6) is 0 Å². The van der Waals surface area contributed by atoms with Crippen LogP contribution >= 0.6 is 0 Å². The predicted molar refractivity (Wildman–Crippen MR) is 104 cm³/mol. The molecule has 1 amide bonds. The van der Waals surface area contributed by atoms with Gasteiger partial charge in [0.2, 0.25) is 0 Å². The summed E-state index contributed by atoms with van der Waals surface area (Å²) in [5.74, 6) is 0.710. The second-order valence-corrected chi connectivity index (χ2v) is 8.10. The van der Waals surface area contributed by atoms with Crippen LogP contribution in [-0.2, 0) is 6.42 Å². The van der Waals surface area contributed by atoms with Gasteiger partial charge in [0.05, 0.1) is 11.4 Å². The predicted octanol–water partition coefficient (Wildman–Crippen LogP) is 4.07. The van der Waals surface area contributed by atoms with Crippen LogP contribution in [0.3, 0.4) is 0 Å². The maximum Gasteiger partial charge on any atom is 0.410 e. The molecule has 0 radical (unpaired) electrons. The van der Waals surface area contributed by atoms with E-state index in [4.69, 9.17) is 4.52 Å². The Morgan fingerprint density at radius 1 is 1.37 bits per heavy atom. The van der Waals surface area contributed by atoms with Crippen LogP contribution in [-0.4, -0.2) is 51.1 Å². The molecular weight excluding hydrogens is 399 g/mol. The molecule has 2 aliphatic rings. The van der Waals surface area contributed by atoms with Crippen molar-refractivity contribution < 1.29 is 22.5 Å². The molecule has 2 aromatic heterocycles. The lowest BCUT2D eigenvalue weighted by molar-refractivity contribution is -0.173. The van der Waals surface area contributed by atoms with E-state index in [0.717, 1.165) is 4.68 Å². The number of halogens is 3. The number of nitrogens with one attached hydrogen (secondary N) is 1. The van der Waals surface area contributed by atoms with Crippen LogP contribution in [0.15, 0.2) is 10.6 Å². The molecule has 2 aliphatic heterocycles. The zero-order valence-corrected chi connectivity index (χ0v) is 17.3. The van der Waals surface area contributed by atoms with E-state index in [1.807, 2.05) is 13.8 Å². The Morgan fingerprint density at radius 2 is 2.13 bits per heavy atom. The number of alkyl halides is 3. The molecule has 3 atom stereocenters. The first kappa shape index (κ1) is 20.7. The first-order valence-corrected chi connectivity index (χ1v) is 10.4. The second-order valence-electron chi connectivity index (χ2n) is 8.10. The number of nitrogens with zero attached hydrogens (tertiary/aromatic N) is 4. The summed E-state index contributed by atoms with van der Waals surface area (Å²) in [6.07, 6.45) is -2.56. The second kappa shape index (κ2) is 7.63. The van der Waals surface area contributed by atoms with Crippen LogP contribution in [0.4, 0.5) is 19.0 Å². The summed E-state index contributed by atoms with van der Waals surface area (Å²) in [5.41, 5.74) is 1.64. The van der Waals surface area contributed by atoms with Crippen molar-refractivity contribution in [2.45, 2.75) is 70.6 Å². The Bertz CT molecular complexity index is 936. The quantitative estimate of drug-likeness (QED) is 0.799. The number of carbonyl (C=O) groups is 1. The van der Waals surface area contributed by atoms with Gasteiger partial charge < -0.3 is 14.7 Å². The molecule has 7 nitrogen and oxygen atoms in total. The van der Waals surface area contributed by atoms with Crippen LogP contribution < -0.4 is 5.32 Å². The Labute approximate surface area is 172 Å². The number of amides is 1. The largest absolute Gasteiger partial charge is 0.410 e. The standard InChI is InChI=1S/C20H26F3N5O2/c1-4-13-8-16(20(21,22)23)28-17(24-13)9-14(25-28)12-6-7-27(10-12)19(29)18-11(3)26-30-15(18)5-2/h9,12-13,16,24H,4-8,10H2,1-3H3/t12-,13+,16+/m0/s1. The summed E-state index contributed by atoms with van der Waals surface area (Å²) in [7, 11) is 0. The maximum atomic E-state index is 13.6. The van der Waals surface area contributed by atoms with Crippen molar-refractivity contribution in [3.63, 3.8) is 0 Å². The monoisotopic (exact) mass is 425 g/mol. The Kier molecular flexibility index (Phi) is 5.27. The summed E-state index contributed by atoms with van der Waals surface area (Å²) >= 11 is 0. The third-order valence-corrected chi connectivity index (χ3v) is 6.14. The van der Waals surface area contributed by atoms with Gasteiger partial charge in [-0.2, -0.15) is 18.3 Å². The number of carbonyl (C=O) groups excluding carboxylic acids is 1. The van der Waals surface area contributed by atoms with E-state index in [2.05, 4.69) is 15.6 Å². The van der Waals surface area contributed by atoms with E-state index >= 15 is 0 Å². The summed E-state index contributed by atoms with van der Waals surface area (Å²) in [5, 5.41) is 11.4. The van der Waals surface area contributed by atoms with Crippen LogP contribution in [0.1, 0.15) is 72.6 Å². The Hall–Kier alpha value is -2.52. The fourth-order valence-electron chi connectivity index (χ4n) is 4.41. The molecule has 0 aromatic carbocycles. The zero-order valence-electron chi connectivity index (χ0n) is 17.3. The van der Waals surface area contributed by atoms with Gasteiger partial charge in [-0.1, -0.05) is 19.0 Å². The van der Waals surface area contributed by atoms with E-state index in [9.17, 15) is 18.0 Å². The van der Waals surface area contributed by atoms with E-state index in [1.54, 1.807) is 17.9 Å². The van der Waals surface area contributed by atoms with Crippen molar-refractivity contribution in [1.82, 2.24) is 19.8 Å².